The predicted octanol–water partition coefficient (Wildman–Crippen LogP) is 4.40. The van der Waals surface area contributed by atoms with Crippen molar-refractivity contribution in [3.63, 3.8) is 0 Å². The van der Waals surface area contributed by atoms with Gasteiger partial charge in [0.05, 0.1) is 19.8 Å². The van der Waals surface area contributed by atoms with E-state index in [2.05, 4.69) is 18.3 Å². The smallest absolute Gasteiger partial charge is 0.256 e. The molecule has 26 heavy (non-hydrogen) atoms. The van der Waals surface area contributed by atoms with Gasteiger partial charge >= 0.3 is 0 Å². The molecule has 1 amide bonds. The molecule has 1 atom stereocenters. The zero-order valence-electron chi connectivity index (χ0n) is 15.2. The Morgan fingerprint density at radius 3 is 2.58 bits per heavy atom. The number of carbonyl (C=O) groups is 1. The fourth-order valence-corrected chi connectivity index (χ4v) is 4.63. The molecule has 1 aliphatic carbocycles. The van der Waals surface area contributed by atoms with Crippen LogP contribution in [0.4, 0.5) is 5.00 Å². The van der Waals surface area contributed by atoms with E-state index in [-0.39, 0.29) is 5.91 Å². The molecule has 0 aliphatic heterocycles. The Balaban J connectivity index is 1.89. The van der Waals surface area contributed by atoms with Crippen molar-refractivity contribution in [2.75, 3.05) is 19.5 Å². The first-order chi connectivity index (χ1) is 12.6. The first-order valence-corrected chi connectivity index (χ1v) is 9.50. The number of nitrogens with one attached hydrogen (secondary N) is 1. The molecule has 6 heteroatoms. The second-order valence-corrected chi connectivity index (χ2v) is 7.50. The standard InChI is InChI=1S/C20H22N2O3S/c1-4-12-5-6-16-17(11-21)20(26-18(16)7-12)22-19(23)13-8-14(24-2)10-15(9-13)25-3/h8-10,12H,4-7H2,1-3H3,(H,22,23). The Morgan fingerprint density at radius 1 is 1.31 bits per heavy atom. The summed E-state index contributed by atoms with van der Waals surface area (Å²) in [4.78, 5) is 14.0. The summed E-state index contributed by atoms with van der Waals surface area (Å²) in [7, 11) is 3.09. The number of hydrogen-bond donors (Lipinski definition) is 1. The van der Waals surface area contributed by atoms with Crippen LogP contribution in [0, 0.1) is 17.2 Å². The normalized spacial score (nSPS) is 15.7. The highest BCUT2D eigenvalue weighted by Crippen LogP contribution is 2.40. The molecule has 0 radical (unpaired) electrons. The van der Waals surface area contributed by atoms with E-state index in [1.54, 1.807) is 32.4 Å². The number of amides is 1. The van der Waals surface area contributed by atoms with Crippen molar-refractivity contribution in [3.8, 4) is 17.6 Å². The van der Waals surface area contributed by atoms with Gasteiger partial charge in [0.2, 0.25) is 0 Å². The van der Waals surface area contributed by atoms with Crippen molar-refractivity contribution in [3.05, 3.63) is 39.8 Å². The molecule has 1 heterocycles. The molecule has 2 aromatic rings. The van der Waals surface area contributed by atoms with E-state index >= 15 is 0 Å². The van der Waals surface area contributed by atoms with Gasteiger partial charge < -0.3 is 14.8 Å². The molecular weight excluding hydrogens is 348 g/mol. The first kappa shape index (κ1) is 18.3. The monoisotopic (exact) mass is 370 g/mol. The maximum atomic E-state index is 12.7. The fraction of sp³-hybridized carbons (Fsp3) is 0.400. The number of ether oxygens (including phenoxy) is 2. The van der Waals surface area contributed by atoms with Crippen LogP contribution in [0.3, 0.4) is 0 Å². The highest BCUT2D eigenvalue weighted by atomic mass is 32.1. The van der Waals surface area contributed by atoms with Crippen LogP contribution in [-0.4, -0.2) is 20.1 Å². The summed E-state index contributed by atoms with van der Waals surface area (Å²) in [5.41, 5.74) is 2.16. The summed E-state index contributed by atoms with van der Waals surface area (Å²) in [6.07, 6.45) is 4.16. The molecule has 0 bridgehead atoms. The number of carbonyl (C=O) groups excluding carboxylic acids is 1. The summed E-state index contributed by atoms with van der Waals surface area (Å²) >= 11 is 1.53. The molecule has 3 rings (SSSR count). The zero-order valence-corrected chi connectivity index (χ0v) is 16.0. The number of hydrogen-bond acceptors (Lipinski definition) is 5. The lowest BCUT2D eigenvalue weighted by Gasteiger charge is -2.20. The maximum absolute atomic E-state index is 12.7. The van der Waals surface area contributed by atoms with E-state index in [4.69, 9.17) is 9.47 Å². The lowest BCUT2D eigenvalue weighted by Crippen LogP contribution is -2.13. The van der Waals surface area contributed by atoms with Crippen molar-refractivity contribution in [1.82, 2.24) is 0 Å². The third-order valence-electron chi connectivity index (χ3n) is 4.90. The molecular formula is C20H22N2O3S. The molecule has 1 unspecified atom stereocenters. The lowest BCUT2D eigenvalue weighted by atomic mass is 9.86. The van der Waals surface area contributed by atoms with E-state index < -0.39 is 0 Å². The zero-order chi connectivity index (χ0) is 18.7. The highest BCUT2D eigenvalue weighted by molar-refractivity contribution is 7.16. The summed E-state index contributed by atoms with van der Waals surface area (Å²) in [5, 5.41) is 13.2. The Morgan fingerprint density at radius 2 is 2.00 bits per heavy atom. The van der Waals surface area contributed by atoms with Gasteiger partial charge in [-0.1, -0.05) is 13.3 Å². The Bertz CT molecular complexity index is 844. The average molecular weight is 370 g/mol. The van der Waals surface area contributed by atoms with E-state index in [1.165, 1.54) is 16.2 Å². The first-order valence-electron chi connectivity index (χ1n) is 8.68. The van der Waals surface area contributed by atoms with E-state index in [9.17, 15) is 10.1 Å². The number of nitrogens with zero attached hydrogens (tertiary/aromatic N) is 1. The molecule has 1 aliphatic rings. The molecule has 1 aromatic carbocycles. The largest absolute Gasteiger partial charge is 0.497 e. The van der Waals surface area contributed by atoms with Crippen LogP contribution in [0.5, 0.6) is 11.5 Å². The van der Waals surface area contributed by atoms with Crippen LogP contribution >= 0.6 is 11.3 Å². The molecule has 136 valence electrons. The second kappa shape index (κ2) is 7.79. The number of anilines is 1. The van der Waals surface area contributed by atoms with E-state index in [1.807, 2.05) is 0 Å². The van der Waals surface area contributed by atoms with Crippen molar-refractivity contribution < 1.29 is 14.3 Å². The fourth-order valence-electron chi connectivity index (χ4n) is 3.32. The number of fused-ring (bicyclic) bond motifs is 1. The predicted molar refractivity (Wildman–Crippen MR) is 102 cm³/mol. The average Bonchev–Trinajstić information content (AvgIpc) is 3.03. The van der Waals surface area contributed by atoms with Crippen LogP contribution in [-0.2, 0) is 12.8 Å². The van der Waals surface area contributed by atoms with Gasteiger partial charge in [-0.25, -0.2) is 0 Å². The molecule has 0 saturated heterocycles. The Labute approximate surface area is 157 Å². The van der Waals surface area contributed by atoms with Gasteiger partial charge in [0.25, 0.3) is 5.91 Å². The number of thiophene rings is 1. The van der Waals surface area contributed by atoms with E-state index in [0.717, 1.165) is 31.2 Å². The molecule has 0 saturated carbocycles. The van der Waals surface area contributed by atoms with Gasteiger partial charge in [-0.2, -0.15) is 5.26 Å². The minimum atomic E-state index is -0.274. The van der Waals surface area contributed by atoms with Crippen molar-refractivity contribution in [1.29, 1.82) is 5.26 Å². The Hall–Kier alpha value is -2.52. The van der Waals surface area contributed by atoms with E-state index in [0.29, 0.717) is 33.5 Å². The quantitative estimate of drug-likeness (QED) is 0.846. The van der Waals surface area contributed by atoms with Gasteiger partial charge in [-0.05, 0) is 42.9 Å². The third kappa shape index (κ3) is 3.54. The third-order valence-corrected chi connectivity index (χ3v) is 6.07. The van der Waals surface area contributed by atoms with Crippen LogP contribution < -0.4 is 14.8 Å². The van der Waals surface area contributed by atoms with Gasteiger partial charge in [0.1, 0.15) is 22.6 Å². The minimum absolute atomic E-state index is 0.274. The summed E-state index contributed by atoms with van der Waals surface area (Å²) in [5.74, 6) is 1.49. The molecule has 5 nitrogen and oxygen atoms in total. The van der Waals surface area contributed by atoms with Crippen LogP contribution in [0.2, 0.25) is 0 Å². The SMILES string of the molecule is CCC1CCc2c(sc(NC(=O)c3cc(OC)cc(OC)c3)c2C#N)C1. The van der Waals surface area contributed by atoms with Gasteiger partial charge in [-0.3, -0.25) is 4.79 Å². The van der Waals surface area contributed by atoms with Crippen molar-refractivity contribution in [2.45, 2.75) is 32.6 Å². The number of rotatable bonds is 5. The summed E-state index contributed by atoms with van der Waals surface area (Å²) in [6.45, 7) is 2.20. The van der Waals surface area contributed by atoms with Crippen LogP contribution in [0.1, 0.15) is 46.1 Å². The molecule has 1 aromatic heterocycles. The van der Waals surface area contributed by atoms with Crippen LogP contribution in [0.25, 0.3) is 0 Å². The summed E-state index contributed by atoms with van der Waals surface area (Å²) < 4.78 is 10.4. The maximum Gasteiger partial charge on any atom is 0.256 e. The van der Waals surface area contributed by atoms with Crippen molar-refractivity contribution >= 4 is 22.2 Å². The topological polar surface area (TPSA) is 71.3 Å². The van der Waals surface area contributed by atoms with Crippen molar-refractivity contribution in [2.24, 2.45) is 5.92 Å². The Kier molecular flexibility index (Phi) is 5.48. The lowest BCUT2D eigenvalue weighted by molar-refractivity contribution is 0.102. The number of methoxy groups -OCH3 is 2. The number of benzene rings is 1. The summed E-state index contributed by atoms with van der Waals surface area (Å²) in [6, 6.07) is 7.31. The van der Waals surface area contributed by atoms with Gasteiger partial charge in [0.15, 0.2) is 0 Å². The number of nitriles is 1. The minimum Gasteiger partial charge on any atom is -0.497 e. The molecule has 1 N–H and O–H groups in total. The van der Waals surface area contributed by atoms with Gasteiger partial charge in [0, 0.05) is 16.5 Å². The molecule has 0 spiro atoms. The second-order valence-electron chi connectivity index (χ2n) is 6.39. The van der Waals surface area contributed by atoms with Crippen LogP contribution in [0.15, 0.2) is 18.2 Å². The molecule has 0 fully saturated rings. The highest BCUT2D eigenvalue weighted by Gasteiger charge is 2.26. The van der Waals surface area contributed by atoms with Gasteiger partial charge in [-0.15, -0.1) is 11.3 Å².